The highest BCUT2D eigenvalue weighted by atomic mass is 16.5. The van der Waals surface area contributed by atoms with Crippen molar-refractivity contribution in [3.63, 3.8) is 0 Å². The van der Waals surface area contributed by atoms with Gasteiger partial charge in [0, 0.05) is 18.1 Å². The monoisotopic (exact) mass is 401 g/mol. The average molecular weight is 401 g/mol. The fourth-order valence-electron chi connectivity index (χ4n) is 3.18. The van der Waals surface area contributed by atoms with E-state index in [0.717, 1.165) is 5.56 Å². The van der Waals surface area contributed by atoms with Gasteiger partial charge in [0.2, 0.25) is 11.7 Å². The first kappa shape index (κ1) is 21.0. The smallest absolute Gasteiger partial charge is 0.309 e. The molecule has 5 nitrogen and oxygen atoms in total. The van der Waals surface area contributed by atoms with E-state index in [1.807, 2.05) is 42.5 Å². The van der Waals surface area contributed by atoms with Gasteiger partial charge in [-0.1, -0.05) is 91.0 Å². The highest BCUT2D eigenvalue weighted by molar-refractivity contribution is 6.01. The topological polar surface area (TPSA) is 72.5 Å². The standard InChI is InChI=1S/C25H23NO4/c1-18(27)26-22(19-11-5-2-6-12-19)17-23(28)30-25(21-15-9-4-10-16-21)24(29)20-13-7-3-8-14-20/h2-16,22,25H,17H2,1H3,(H,26,27)/t22-,25-/m0/s1. The van der Waals surface area contributed by atoms with E-state index in [0.29, 0.717) is 11.1 Å². The van der Waals surface area contributed by atoms with Gasteiger partial charge in [-0.3, -0.25) is 14.4 Å². The molecule has 0 aliphatic heterocycles. The van der Waals surface area contributed by atoms with E-state index in [1.165, 1.54) is 6.92 Å². The Kier molecular flexibility index (Phi) is 7.11. The van der Waals surface area contributed by atoms with Gasteiger partial charge in [-0.25, -0.2) is 0 Å². The highest BCUT2D eigenvalue weighted by Crippen LogP contribution is 2.25. The summed E-state index contributed by atoms with van der Waals surface area (Å²) in [5, 5.41) is 2.78. The normalized spacial score (nSPS) is 12.4. The average Bonchev–Trinajstić information content (AvgIpc) is 2.78. The number of rotatable bonds is 8. The minimum absolute atomic E-state index is 0.0883. The maximum atomic E-state index is 13.1. The Hall–Kier alpha value is -3.73. The van der Waals surface area contributed by atoms with Crippen molar-refractivity contribution in [3.05, 3.63) is 108 Å². The zero-order valence-electron chi connectivity index (χ0n) is 16.7. The minimum atomic E-state index is -1.06. The van der Waals surface area contributed by atoms with Crippen molar-refractivity contribution >= 4 is 17.7 Å². The number of hydrogen-bond acceptors (Lipinski definition) is 4. The van der Waals surface area contributed by atoms with Crippen LogP contribution in [0.2, 0.25) is 0 Å². The molecule has 3 aromatic rings. The van der Waals surface area contributed by atoms with Crippen LogP contribution in [0, 0.1) is 0 Å². The third-order valence-electron chi connectivity index (χ3n) is 4.60. The summed E-state index contributed by atoms with van der Waals surface area (Å²) in [5.41, 5.74) is 1.84. The SMILES string of the molecule is CC(=O)N[C@@H](CC(=O)O[C@H](C(=O)c1ccccc1)c1ccccc1)c1ccccc1. The van der Waals surface area contributed by atoms with Crippen molar-refractivity contribution in [2.45, 2.75) is 25.5 Å². The molecule has 152 valence electrons. The summed E-state index contributed by atoms with van der Waals surface area (Å²) in [6.45, 7) is 1.40. The molecule has 0 bridgehead atoms. The van der Waals surface area contributed by atoms with Crippen LogP contribution in [0.1, 0.15) is 47.0 Å². The Morgan fingerprint density at radius 2 is 1.27 bits per heavy atom. The quantitative estimate of drug-likeness (QED) is 0.448. The van der Waals surface area contributed by atoms with E-state index in [9.17, 15) is 14.4 Å². The molecule has 0 saturated heterocycles. The fourth-order valence-corrected chi connectivity index (χ4v) is 3.18. The lowest BCUT2D eigenvalue weighted by Gasteiger charge is -2.21. The van der Waals surface area contributed by atoms with Gasteiger partial charge in [0.15, 0.2) is 6.10 Å². The molecule has 30 heavy (non-hydrogen) atoms. The lowest BCUT2D eigenvalue weighted by Crippen LogP contribution is -2.29. The summed E-state index contributed by atoms with van der Waals surface area (Å²) in [6, 6.07) is 26.3. The van der Waals surface area contributed by atoms with Crippen LogP contribution >= 0.6 is 0 Å². The van der Waals surface area contributed by atoms with Crippen molar-refractivity contribution in [2.24, 2.45) is 0 Å². The van der Waals surface area contributed by atoms with Crippen LogP contribution in [0.25, 0.3) is 0 Å². The number of esters is 1. The molecule has 0 aliphatic rings. The lowest BCUT2D eigenvalue weighted by molar-refractivity contribution is -0.148. The Bertz CT molecular complexity index is 987. The number of nitrogens with one attached hydrogen (secondary N) is 1. The summed E-state index contributed by atoms with van der Waals surface area (Å²) in [5.74, 6) is -1.13. The highest BCUT2D eigenvalue weighted by Gasteiger charge is 2.27. The third kappa shape index (κ3) is 5.64. The van der Waals surface area contributed by atoms with Gasteiger partial charge in [0.25, 0.3) is 0 Å². The van der Waals surface area contributed by atoms with Crippen molar-refractivity contribution < 1.29 is 19.1 Å². The zero-order valence-corrected chi connectivity index (χ0v) is 16.7. The van der Waals surface area contributed by atoms with E-state index in [-0.39, 0.29) is 18.1 Å². The first-order valence-electron chi connectivity index (χ1n) is 9.70. The van der Waals surface area contributed by atoms with Crippen molar-refractivity contribution in [3.8, 4) is 0 Å². The maximum Gasteiger partial charge on any atom is 0.309 e. The predicted molar refractivity (Wildman–Crippen MR) is 114 cm³/mol. The Labute approximate surface area is 175 Å². The van der Waals surface area contributed by atoms with Crippen LogP contribution in [0.5, 0.6) is 0 Å². The zero-order chi connectivity index (χ0) is 21.3. The number of amides is 1. The second-order valence-electron chi connectivity index (χ2n) is 6.88. The van der Waals surface area contributed by atoms with Gasteiger partial charge in [-0.15, -0.1) is 0 Å². The van der Waals surface area contributed by atoms with Crippen LogP contribution in [0.15, 0.2) is 91.0 Å². The minimum Gasteiger partial charge on any atom is -0.449 e. The number of carbonyl (C=O) groups is 3. The van der Waals surface area contributed by atoms with Crippen LogP contribution < -0.4 is 5.32 Å². The van der Waals surface area contributed by atoms with Gasteiger partial charge in [-0.2, -0.15) is 0 Å². The first-order chi connectivity index (χ1) is 14.5. The maximum absolute atomic E-state index is 13.1. The number of ether oxygens (including phenoxy) is 1. The Morgan fingerprint density at radius 1 is 0.767 bits per heavy atom. The van der Waals surface area contributed by atoms with Gasteiger partial charge >= 0.3 is 5.97 Å². The van der Waals surface area contributed by atoms with Gasteiger partial charge in [0.1, 0.15) is 0 Å². The number of carbonyl (C=O) groups excluding carboxylic acids is 3. The molecule has 3 aromatic carbocycles. The summed E-state index contributed by atoms with van der Waals surface area (Å²) in [7, 11) is 0. The van der Waals surface area contributed by atoms with Crippen molar-refractivity contribution in [1.29, 1.82) is 0 Å². The molecule has 0 radical (unpaired) electrons. The third-order valence-corrected chi connectivity index (χ3v) is 4.60. The van der Waals surface area contributed by atoms with E-state index in [4.69, 9.17) is 4.74 Å². The summed E-state index contributed by atoms with van der Waals surface area (Å²) in [4.78, 5) is 37.5. The number of benzene rings is 3. The molecule has 0 unspecified atom stereocenters. The summed E-state index contributed by atoms with van der Waals surface area (Å²) in [6.07, 6.45) is -1.15. The molecule has 0 aliphatic carbocycles. The summed E-state index contributed by atoms with van der Waals surface area (Å²) >= 11 is 0. The molecule has 0 saturated carbocycles. The fraction of sp³-hybridized carbons (Fsp3) is 0.160. The molecular weight excluding hydrogens is 378 g/mol. The van der Waals surface area contributed by atoms with Crippen LogP contribution in [0.4, 0.5) is 0 Å². The molecule has 0 spiro atoms. The first-order valence-corrected chi connectivity index (χ1v) is 9.70. The van der Waals surface area contributed by atoms with Gasteiger partial charge in [0.05, 0.1) is 12.5 Å². The predicted octanol–water partition coefficient (Wildman–Crippen LogP) is 4.42. The van der Waals surface area contributed by atoms with Gasteiger partial charge < -0.3 is 10.1 Å². The number of hydrogen-bond donors (Lipinski definition) is 1. The largest absolute Gasteiger partial charge is 0.449 e. The lowest BCUT2D eigenvalue weighted by atomic mass is 9.99. The second-order valence-corrected chi connectivity index (χ2v) is 6.88. The van der Waals surface area contributed by atoms with Crippen LogP contribution in [0.3, 0.4) is 0 Å². The molecule has 1 N–H and O–H groups in total. The van der Waals surface area contributed by atoms with Crippen molar-refractivity contribution in [2.75, 3.05) is 0 Å². The molecular formula is C25H23NO4. The second kappa shape index (κ2) is 10.2. The Balaban J connectivity index is 1.82. The Morgan fingerprint density at radius 3 is 1.80 bits per heavy atom. The number of Topliss-reactive ketones (excluding diaryl/α,β-unsaturated/α-hetero) is 1. The molecule has 2 atom stereocenters. The van der Waals surface area contributed by atoms with Gasteiger partial charge in [-0.05, 0) is 5.56 Å². The van der Waals surface area contributed by atoms with Crippen molar-refractivity contribution in [1.82, 2.24) is 5.32 Å². The van der Waals surface area contributed by atoms with E-state index in [1.54, 1.807) is 48.5 Å². The molecule has 0 fully saturated rings. The molecule has 3 rings (SSSR count). The van der Waals surface area contributed by atoms with E-state index < -0.39 is 18.1 Å². The molecule has 5 heteroatoms. The molecule has 1 amide bonds. The number of ketones is 1. The summed E-state index contributed by atoms with van der Waals surface area (Å²) < 4.78 is 5.65. The van der Waals surface area contributed by atoms with Crippen LogP contribution in [-0.4, -0.2) is 17.7 Å². The van der Waals surface area contributed by atoms with E-state index in [2.05, 4.69) is 5.32 Å². The molecule has 0 heterocycles. The molecule has 0 aromatic heterocycles. The van der Waals surface area contributed by atoms with E-state index >= 15 is 0 Å². The van der Waals surface area contributed by atoms with Crippen LogP contribution in [-0.2, 0) is 14.3 Å².